The number of aliphatic hydroxyl groups excluding tert-OH is 2. The number of likely N-dealkylation sites (N-methyl/N-ethyl adjacent to an activating group) is 1. The van der Waals surface area contributed by atoms with E-state index in [0.717, 1.165) is 38.8 Å². The zero-order valence-corrected chi connectivity index (χ0v) is 37.9. The van der Waals surface area contributed by atoms with Crippen LogP contribution in [0.15, 0.2) is 97.3 Å². The van der Waals surface area contributed by atoms with Gasteiger partial charge in [-0.1, -0.05) is 44.2 Å². The number of phenolic OH excluding ortho intramolecular Hbond substituents is 4. The standard InChI is InChI=1S/C53H61N4O9/c1-30(2)29-66-48-25-34(24-46(63)52(48)64)33-21-35(28-54-3)50-39-11-10-38(58)22-32(39)9-12-41(50)57-49-26-36(16-19-56-49)53(17-15-42(59)40(53)27-37-6-5-18-55-37)51(45(62)23-33)44(61)14-8-31-7-13-43(60)47(20-31)65-4/h5-7,9-13,16,18-20,22,24-26,30,33,35,40,42,44,51,54,58-61,63-64H,8,14-15,17,21,23,27-29H2,1-4H3,(H,56,57)/q-1/t33-,35-,40+,42+,44-,51+,53+/m1/s1. The van der Waals surface area contributed by atoms with Crippen molar-refractivity contribution in [2.75, 3.05) is 32.6 Å². The number of nitrogens with one attached hydrogen (secondary N) is 2. The highest BCUT2D eigenvalue weighted by Crippen LogP contribution is 2.56. The lowest BCUT2D eigenvalue weighted by atomic mass is 9.58. The van der Waals surface area contributed by atoms with Crippen LogP contribution in [0.3, 0.4) is 0 Å². The number of aromatic hydroxyl groups is 4. The van der Waals surface area contributed by atoms with E-state index in [1.807, 2.05) is 63.4 Å². The maximum absolute atomic E-state index is 16.1. The Hall–Kier alpha value is -6.28. The van der Waals surface area contributed by atoms with Gasteiger partial charge in [0, 0.05) is 30.3 Å². The molecule has 8 N–H and O–H groups in total. The Bertz CT molecular complexity index is 2650. The third kappa shape index (κ3) is 9.38. The van der Waals surface area contributed by atoms with E-state index in [1.54, 1.807) is 48.8 Å². The summed E-state index contributed by atoms with van der Waals surface area (Å²) in [6.07, 6.45) is 3.30. The van der Waals surface area contributed by atoms with Crippen LogP contribution in [0.1, 0.15) is 85.7 Å². The fourth-order valence-electron chi connectivity index (χ4n) is 10.9. The van der Waals surface area contributed by atoms with Crippen molar-refractivity contribution in [3.8, 4) is 34.5 Å². The van der Waals surface area contributed by atoms with E-state index in [1.165, 1.54) is 13.2 Å². The quantitative estimate of drug-likeness (QED) is 0.0516. The predicted molar refractivity (Wildman–Crippen MR) is 253 cm³/mol. The number of carbonyl (C=O) groups is 1. The number of aromatic nitrogens is 2. The number of carbonyl (C=O) groups excluding carboxylic acids is 1. The summed E-state index contributed by atoms with van der Waals surface area (Å²) in [4.78, 5) is 25.5. The molecule has 0 radical (unpaired) electrons. The van der Waals surface area contributed by atoms with Gasteiger partial charge in [0.05, 0.1) is 31.8 Å². The monoisotopic (exact) mass is 897 g/mol. The Morgan fingerprint density at radius 1 is 0.970 bits per heavy atom. The number of anilines is 2. The lowest BCUT2D eigenvalue weighted by Gasteiger charge is -2.46. The molecule has 3 heterocycles. The molecule has 1 spiro atoms. The summed E-state index contributed by atoms with van der Waals surface area (Å²) in [5, 5.41) is 77.1. The van der Waals surface area contributed by atoms with Crippen LogP contribution >= 0.6 is 0 Å². The second-order valence-electron chi connectivity index (χ2n) is 18.6. The molecule has 0 saturated heterocycles. The molecule has 348 valence electrons. The largest absolute Gasteiger partial charge is 0.668 e. The van der Waals surface area contributed by atoms with Crippen molar-refractivity contribution in [1.82, 2.24) is 15.3 Å². The van der Waals surface area contributed by atoms with Gasteiger partial charge in [-0.15, -0.1) is 0 Å². The minimum atomic E-state index is -1.21. The number of aliphatic hydroxyl groups is 2. The molecule has 2 bridgehead atoms. The summed E-state index contributed by atoms with van der Waals surface area (Å²) in [6.45, 7) is 4.72. The first kappa shape index (κ1) is 46.3. The molecule has 1 aliphatic heterocycles. The van der Waals surface area contributed by atoms with Crippen LogP contribution in [0.4, 0.5) is 11.5 Å². The average Bonchev–Trinajstić information content (AvgIpc) is 3.94. The zero-order chi connectivity index (χ0) is 46.7. The first-order valence-electron chi connectivity index (χ1n) is 22.9. The highest BCUT2D eigenvalue weighted by Gasteiger charge is 2.57. The molecule has 6 aromatic rings. The minimum absolute atomic E-state index is 0.00823. The van der Waals surface area contributed by atoms with Gasteiger partial charge < -0.3 is 55.7 Å². The van der Waals surface area contributed by atoms with Gasteiger partial charge in [0.2, 0.25) is 5.75 Å². The lowest BCUT2D eigenvalue weighted by molar-refractivity contribution is -0.132. The van der Waals surface area contributed by atoms with Gasteiger partial charge in [0.15, 0.2) is 23.0 Å². The van der Waals surface area contributed by atoms with Crippen molar-refractivity contribution in [3.05, 3.63) is 125 Å². The van der Waals surface area contributed by atoms with Crippen LogP contribution < -0.4 is 25.1 Å². The maximum Gasteiger partial charge on any atom is 0.200 e. The molecular formula is C53H61N4O9-. The molecule has 13 heteroatoms. The normalized spacial score (nSPS) is 22.6. The summed E-state index contributed by atoms with van der Waals surface area (Å²) >= 11 is 0. The molecular weight excluding hydrogens is 837 g/mol. The Morgan fingerprint density at radius 3 is 2.56 bits per heavy atom. The Kier molecular flexibility index (Phi) is 13.8. The molecule has 8 rings (SSSR count). The Balaban J connectivity index is 1.35. The number of pyridine rings is 1. The lowest BCUT2D eigenvalue weighted by Crippen LogP contribution is -2.51. The molecule has 1 saturated carbocycles. The third-order valence-corrected chi connectivity index (χ3v) is 13.9. The fourth-order valence-corrected chi connectivity index (χ4v) is 10.9. The maximum atomic E-state index is 16.1. The number of hydrogen-bond acceptors (Lipinski definition) is 12. The topological polar surface area (TPSA) is 208 Å². The number of hydrogen-bond donors (Lipinski definition) is 8. The molecule has 4 aromatic carbocycles. The molecule has 1 aliphatic carbocycles. The zero-order valence-electron chi connectivity index (χ0n) is 37.9. The number of fused-ring (bicyclic) bond motifs is 6. The molecule has 66 heavy (non-hydrogen) atoms. The van der Waals surface area contributed by atoms with E-state index in [4.69, 9.17) is 14.5 Å². The van der Waals surface area contributed by atoms with E-state index in [-0.39, 0.29) is 60.1 Å². The van der Waals surface area contributed by atoms with Gasteiger partial charge in [-0.25, -0.2) is 4.98 Å². The smallest absolute Gasteiger partial charge is 0.200 e. The van der Waals surface area contributed by atoms with Crippen molar-refractivity contribution >= 4 is 28.1 Å². The first-order chi connectivity index (χ1) is 31.8. The highest BCUT2D eigenvalue weighted by molar-refractivity contribution is 5.93. The van der Waals surface area contributed by atoms with Gasteiger partial charge in [-0.3, -0.25) is 4.79 Å². The number of ether oxygens (including phenoxy) is 2. The van der Waals surface area contributed by atoms with Gasteiger partial charge in [0.1, 0.15) is 17.4 Å². The van der Waals surface area contributed by atoms with E-state index in [2.05, 4.69) is 15.6 Å². The number of phenols is 4. The van der Waals surface area contributed by atoms with Crippen molar-refractivity contribution in [1.29, 1.82) is 0 Å². The molecule has 13 nitrogen and oxygen atoms in total. The van der Waals surface area contributed by atoms with Crippen LogP contribution in [0.5, 0.6) is 34.5 Å². The van der Waals surface area contributed by atoms with Crippen LogP contribution in [-0.4, -0.2) is 80.9 Å². The van der Waals surface area contributed by atoms with Gasteiger partial charge in [-0.2, -0.15) is 11.9 Å². The number of benzene rings is 4. The second kappa shape index (κ2) is 19.7. The van der Waals surface area contributed by atoms with Crippen LogP contribution in [0.2, 0.25) is 0 Å². The van der Waals surface area contributed by atoms with Crippen LogP contribution in [-0.2, 0) is 23.1 Å². The van der Waals surface area contributed by atoms with E-state index in [0.29, 0.717) is 55.8 Å². The van der Waals surface area contributed by atoms with E-state index in [9.17, 15) is 30.6 Å². The summed E-state index contributed by atoms with van der Waals surface area (Å²) in [5.41, 5.74) is 3.47. The Morgan fingerprint density at radius 2 is 1.80 bits per heavy atom. The average molecular weight is 898 g/mol. The van der Waals surface area contributed by atoms with Gasteiger partial charge >= 0.3 is 0 Å². The predicted octanol–water partition coefficient (Wildman–Crippen LogP) is 8.11. The van der Waals surface area contributed by atoms with Gasteiger partial charge in [0.25, 0.3) is 0 Å². The Labute approximate surface area is 385 Å². The molecule has 0 unspecified atom stereocenters. The van der Waals surface area contributed by atoms with Crippen molar-refractivity contribution in [3.63, 3.8) is 0 Å². The van der Waals surface area contributed by atoms with Crippen molar-refractivity contribution in [2.24, 2.45) is 17.8 Å². The van der Waals surface area contributed by atoms with E-state index < -0.39 is 41.1 Å². The van der Waals surface area contributed by atoms with Crippen molar-refractivity contribution in [2.45, 2.75) is 88.3 Å². The van der Waals surface area contributed by atoms with Gasteiger partial charge in [-0.05, 0) is 157 Å². The molecule has 7 atom stereocenters. The van der Waals surface area contributed by atoms with Crippen LogP contribution in [0.25, 0.3) is 10.8 Å². The molecule has 0 amide bonds. The molecule has 2 aromatic heterocycles. The molecule has 2 aliphatic rings. The van der Waals surface area contributed by atoms with E-state index >= 15 is 4.79 Å². The summed E-state index contributed by atoms with van der Waals surface area (Å²) in [6, 6.07) is 25.1. The SMILES string of the molecule is CNC[C@H]1C[C@@H](c2cc(O)c(O)c(OCC(C)C)c2)CC(=O)[C@H]([C@H](O)CCc2ccc(O)c(OC)c2)[C@@]2(CC[C@H](O)[C@@H]2Cc2ccc[n-]2)c2ccnc(c2)Nc2ccc3cc(O)ccc3c21. The fraction of sp³-hybridized carbons (Fsp3) is 0.396. The summed E-state index contributed by atoms with van der Waals surface area (Å²) in [7, 11) is 3.35. The molecule has 1 fully saturated rings. The van der Waals surface area contributed by atoms with Crippen LogP contribution in [0, 0.1) is 17.8 Å². The first-order valence-corrected chi connectivity index (χ1v) is 22.9. The second-order valence-corrected chi connectivity index (χ2v) is 18.6. The number of aryl methyl sites for hydroxylation is 1. The summed E-state index contributed by atoms with van der Waals surface area (Å²) < 4.78 is 11.5. The number of rotatable bonds is 13. The number of ketones is 1. The number of nitrogens with zero attached hydrogens (tertiary/aromatic N) is 2. The summed E-state index contributed by atoms with van der Waals surface area (Å²) in [5.74, 6) is -2.32. The number of Topliss-reactive ketones (excluding diaryl/α,β-unsaturated/α-hetero) is 1. The number of methoxy groups -OCH3 is 1. The highest BCUT2D eigenvalue weighted by atomic mass is 16.5. The third-order valence-electron chi connectivity index (χ3n) is 13.9. The van der Waals surface area contributed by atoms with Crippen molar-refractivity contribution < 1.29 is 44.9 Å². The minimum Gasteiger partial charge on any atom is -0.668 e.